The average Bonchev–Trinajstić information content (AvgIpc) is 2.90. The molecule has 0 bridgehead atoms. The number of Topliss-reactive ketones (excluding diaryl/α,β-unsaturated/α-hetero) is 1. The minimum Gasteiger partial charge on any atom is -0.461 e. The molecule has 1 fully saturated rings. The Bertz CT molecular complexity index is 461. The first-order valence-electron chi connectivity index (χ1n) is 6.18. The van der Waals surface area contributed by atoms with Crippen LogP contribution in [0.2, 0.25) is 0 Å². The van der Waals surface area contributed by atoms with E-state index in [-0.39, 0.29) is 24.4 Å². The molecule has 0 amide bonds. The molecule has 2 rings (SSSR count). The summed E-state index contributed by atoms with van der Waals surface area (Å²) in [7, 11) is 0. The van der Waals surface area contributed by atoms with E-state index >= 15 is 0 Å². The van der Waals surface area contributed by atoms with Crippen LogP contribution in [0.15, 0.2) is 0 Å². The fraction of sp³-hybridized carbons (Fsp3) is 0.667. The third kappa shape index (κ3) is 2.75. The Kier molecular flexibility index (Phi) is 3.74. The Balaban J connectivity index is 1.96. The minimum absolute atomic E-state index is 0.0165. The predicted octanol–water partition coefficient (Wildman–Crippen LogP) is 1.27. The highest BCUT2D eigenvalue weighted by molar-refractivity contribution is 5.93. The van der Waals surface area contributed by atoms with Crippen molar-refractivity contribution >= 4 is 11.8 Å². The number of ketones is 1. The number of nitrogens with zero attached hydrogens (tertiary/aromatic N) is 3. The number of hydrogen-bond donors (Lipinski definition) is 0. The molecular formula is C12H17N3O3. The van der Waals surface area contributed by atoms with Crippen molar-refractivity contribution in [2.45, 2.75) is 52.2 Å². The van der Waals surface area contributed by atoms with Crippen LogP contribution in [0.3, 0.4) is 0 Å². The molecule has 1 heterocycles. The van der Waals surface area contributed by atoms with Gasteiger partial charge < -0.3 is 4.74 Å². The van der Waals surface area contributed by atoms with Gasteiger partial charge in [0, 0.05) is 6.92 Å². The molecule has 18 heavy (non-hydrogen) atoms. The molecule has 1 aliphatic carbocycles. The minimum atomic E-state index is -0.315. The van der Waals surface area contributed by atoms with Gasteiger partial charge >= 0.3 is 5.97 Å². The van der Waals surface area contributed by atoms with Crippen LogP contribution in [-0.4, -0.2) is 32.9 Å². The van der Waals surface area contributed by atoms with Crippen molar-refractivity contribution in [1.82, 2.24) is 15.0 Å². The van der Waals surface area contributed by atoms with E-state index in [4.69, 9.17) is 4.74 Å². The van der Waals surface area contributed by atoms with E-state index in [1.165, 1.54) is 11.6 Å². The van der Waals surface area contributed by atoms with Crippen LogP contribution in [0.1, 0.15) is 48.8 Å². The average molecular weight is 251 g/mol. The van der Waals surface area contributed by atoms with Crippen LogP contribution in [0.4, 0.5) is 0 Å². The molecule has 1 saturated carbocycles. The maximum Gasteiger partial charge on any atom is 0.328 e. The summed E-state index contributed by atoms with van der Waals surface area (Å²) in [5.74, 6) is -0.465. The highest BCUT2D eigenvalue weighted by Gasteiger charge is 2.21. The summed E-state index contributed by atoms with van der Waals surface area (Å²) in [6, 6.07) is 0. The van der Waals surface area contributed by atoms with Crippen molar-refractivity contribution in [2.75, 3.05) is 0 Å². The van der Waals surface area contributed by atoms with Crippen molar-refractivity contribution < 1.29 is 14.3 Å². The zero-order valence-corrected chi connectivity index (χ0v) is 10.7. The topological polar surface area (TPSA) is 74.1 Å². The first kappa shape index (κ1) is 12.7. The maximum atomic E-state index is 11.7. The van der Waals surface area contributed by atoms with Crippen LogP contribution < -0.4 is 0 Å². The summed E-state index contributed by atoms with van der Waals surface area (Å²) in [5, 5.41) is 7.55. The van der Waals surface area contributed by atoms with E-state index in [1.54, 1.807) is 6.92 Å². The second kappa shape index (κ2) is 5.29. The van der Waals surface area contributed by atoms with Crippen LogP contribution in [0.5, 0.6) is 0 Å². The van der Waals surface area contributed by atoms with E-state index in [0.29, 0.717) is 11.4 Å². The summed E-state index contributed by atoms with van der Waals surface area (Å²) in [5.41, 5.74) is 0.912. The number of hydrogen-bond acceptors (Lipinski definition) is 5. The van der Waals surface area contributed by atoms with Gasteiger partial charge in [-0.15, -0.1) is 5.10 Å². The Morgan fingerprint density at radius 1 is 1.39 bits per heavy atom. The van der Waals surface area contributed by atoms with Crippen LogP contribution in [-0.2, 0) is 16.1 Å². The van der Waals surface area contributed by atoms with Crippen molar-refractivity contribution in [2.24, 2.45) is 0 Å². The van der Waals surface area contributed by atoms with Gasteiger partial charge in [0.2, 0.25) is 0 Å². The highest BCUT2D eigenvalue weighted by Crippen LogP contribution is 2.21. The first-order valence-corrected chi connectivity index (χ1v) is 6.18. The van der Waals surface area contributed by atoms with E-state index in [1.807, 2.05) is 0 Å². The third-order valence-electron chi connectivity index (χ3n) is 3.20. The lowest BCUT2D eigenvalue weighted by Gasteiger charge is -2.11. The van der Waals surface area contributed by atoms with Gasteiger partial charge in [-0.25, -0.2) is 4.68 Å². The summed E-state index contributed by atoms with van der Waals surface area (Å²) >= 11 is 0. The number of ether oxygens (including phenoxy) is 1. The van der Waals surface area contributed by atoms with Gasteiger partial charge in [-0.2, -0.15) is 0 Å². The van der Waals surface area contributed by atoms with Crippen LogP contribution >= 0.6 is 0 Å². The lowest BCUT2D eigenvalue weighted by molar-refractivity contribution is -0.149. The lowest BCUT2D eigenvalue weighted by Crippen LogP contribution is -2.20. The Morgan fingerprint density at radius 2 is 2.06 bits per heavy atom. The number of aromatic nitrogens is 3. The maximum absolute atomic E-state index is 11.7. The Labute approximate surface area is 105 Å². The molecule has 1 aliphatic rings. The van der Waals surface area contributed by atoms with Crippen molar-refractivity contribution in [3.8, 4) is 0 Å². The molecule has 0 N–H and O–H groups in total. The Morgan fingerprint density at radius 3 is 2.61 bits per heavy atom. The molecule has 6 heteroatoms. The molecule has 0 atom stereocenters. The summed E-state index contributed by atoms with van der Waals surface area (Å²) in [6.45, 7) is 3.17. The van der Waals surface area contributed by atoms with E-state index < -0.39 is 0 Å². The summed E-state index contributed by atoms with van der Waals surface area (Å²) in [4.78, 5) is 22.9. The molecule has 0 saturated heterocycles. The molecule has 0 radical (unpaired) electrons. The second-order valence-electron chi connectivity index (χ2n) is 4.63. The third-order valence-corrected chi connectivity index (χ3v) is 3.20. The normalized spacial score (nSPS) is 15.9. The number of carbonyl (C=O) groups excluding carboxylic acids is 2. The Hall–Kier alpha value is -1.72. The SMILES string of the molecule is CC(=O)c1nnn(CC(=O)OC2CCCC2)c1C. The molecule has 1 aromatic rings. The van der Waals surface area contributed by atoms with Gasteiger partial charge in [-0.05, 0) is 32.6 Å². The van der Waals surface area contributed by atoms with E-state index in [9.17, 15) is 9.59 Å². The van der Waals surface area contributed by atoms with Crippen LogP contribution in [0, 0.1) is 6.92 Å². The van der Waals surface area contributed by atoms with Gasteiger partial charge in [-0.3, -0.25) is 9.59 Å². The molecular weight excluding hydrogens is 234 g/mol. The highest BCUT2D eigenvalue weighted by atomic mass is 16.5. The molecule has 0 aliphatic heterocycles. The molecule has 0 aromatic carbocycles. The van der Waals surface area contributed by atoms with Gasteiger partial charge in [0.25, 0.3) is 0 Å². The summed E-state index contributed by atoms with van der Waals surface area (Å²) in [6.07, 6.45) is 4.18. The zero-order chi connectivity index (χ0) is 13.1. The van der Waals surface area contributed by atoms with E-state index in [2.05, 4.69) is 10.3 Å². The summed E-state index contributed by atoms with van der Waals surface area (Å²) < 4.78 is 6.74. The van der Waals surface area contributed by atoms with Crippen molar-refractivity contribution in [1.29, 1.82) is 0 Å². The standard InChI is InChI=1S/C12H17N3O3/c1-8-12(9(2)16)13-14-15(8)7-11(17)18-10-5-3-4-6-10/h10H,3-7H2,1-2H3. The predicted molar refractivity (Wildman–Crippen MR) is 63.1 cm³/mol. The second-order valence-corrected chi connectivity index (χ2v) is 4.63. The lowest BCUT2D eigenvalue weighted by atomic mass is 10.2. The number of esters is 1. The molecule has 98 valence electrons. The fourth-order valence-electron chi connectivity index (χ4n) is 2.19. The van der Waals surface area contributed by atoms with Gasteiger partial charge in [0.15, 0.2) is 11.5 Å². The van der Waals surface area contributed by atoms with Crippen molar-refractivity contribution in [3.63, 3.8) is 0 Å². The van der Waals surface area contributed by atoms with Crippen molar-refractivity contribution in [3.05, 3.63) is 11.4 Å². The monoisotopic (exact) mass is 251 g/mol. The van der Waals surface area contributed by atoms with Gasteiger partial charge in [-0.1, -0.05) is 5.21 Å². The molecule has 0 spiro atoms. The molecule has 1 aromatic heterocycles. The number of carbonyl (C=O) groups is 2. The smallest absolute Gasteiger partial charge is 0.328 e. The zero-order valence-electron chi connectivity index (χ0n) is 10.7. The number of rotatable bonds is 4. The quantitative estimate of drug-likeness (QED) is 0.595. The first-order chi connectivity index (χ1) is 8.58. The van der Waals surface area contributed by atoms with E-state index in [0.717, 1.165) is 25.7 Å². The molecule has 6 nitrogen and oxygen atoms in total. The largest absolute Gasteiger partial charge is 0.461 e. The molecule has 0 unspecified atom stereocenters. The van der Waals surface area contributed by atoms with Crippen LogP contribution in [0.25, 0.3) is 0 Å². The van der Waals surface area contributed by atoms with Gasteiger partial charge in [0.05, 0.1) is 5.69 Å². The fourth-order valence-corrected chi connectivity index (χ4v) is 2.19. The van der Waals surface area contributed by atoms with Gasteiger partial charge in [0.1, 0.15) is 12.6 Å².